The summed E-state index contributed by atoms with van der Waals surface area (Å²) >= 11 is 0. The normalized spacial score (nSPS) is 11.0. The van der Waals surface area contributed by atoms with Gasteiger partial charge in [-0.2, -0.15) is 0 Å². The number of aryl methyl sites for hydroxylation is 3. The van der Waals surface area contributed by atoms with Gasteiger partial charge in [-0.1, -0.05) is 29.8 Å². The van der Waals surface area contributed by atoms with E-state index in [1.165, 1.54) is 0 Å². The Bertz CT molecular complexity index is 1310. The van der Waals surface area contributed by atoms with Crippen molar-refractivity contribution in [2.45, 2.75) is 34.1 Å². The van der Waals surface area contributed by atoms with E-state index in [0.29, 0.717) is 36.2 Å². The molecule has 0 aliphatic heterocycles. The van der Waals surface area contributed by atoms with E-state index >= 15 is 0 Å². The minimum Gasteiger partial charge on any atom is -0.494 e. The first-order valence-corrected chi connectivity index (χ1v) is 10.3. The third kappa shape index (κ3) is 4.55. The molecule has 0 aliphatic carbocycles. The number of H-pyrrole nitrogens is 1. The van der Waals surface area contributed by atoms with Crippen LogP contribution in [0.2, 0.25) is 0 Å². The molecule has 0 fully saturated rings. The smallest absolute Gasteiger partial charge is 0.256 e. The number of nitrogens with one attached hydrogen (secondary N) is 2. The highest BCUT2D eigenvalue weighted by Gasteiger charge is 2.12. The summed E-state index contributed by atoms with van der Waals surface area (Å²) in [5.41, 5.74) is 4.99. The summed E-state index contributed by atoms with van der Waals surface area (Å²) in [5.74, 6) is 1.48. The van der Waals surface area contributed by atoms with Crippen LogP contribution >= 0.6 is 0 Å². The quantitative estimate of drug-likeness (QED) is 0.486. The largest absolute Gasteiger partial charge is 0.494 e. The van der Waals surface area contributed by atoms with E-state index in [-0.39, 0.29) is 5.56 Å². The third-order valence-corrected chi connectivity index (χ3v) is 5.08. The van der Waals surface area contributed by atoms with Crippen molar-refractivity contribution in [1.82, 2.24) is 19.9 Å². The molecule has 0 atom stereocenters. The van der Waals surface area contributed by atoms with Crippen molar-refractivity contribution in [2.24, 2.45) is 0 Å². The summed E-state index contributed by atoms with van der Waals surface area (Å²) in [6, 6.07) is 13.8. The third-order valence-electron chi connectivity index (χ3n) is 5.08. The van der Waals surface area contributed by atoms with E-state index < -0.39 is 0 Å². The van der Waals surface area contributed by atoms with Crippen LogP contribution in [-0.4, -0.2) is 26.5 Å². The number of anilines is 2. The standard InChI is InChI=1S/C24H25N5O2/c1-5-31-18-9-10-21-19(13-18)15(3)25-23(27-21)29-24-26-16(4)20(22(30)28-24)12-17-8-6-7-14(2)11-17/h6-11,13H,5,12H2,1-4H3,(H2,25,26,27,28,29,30). The lowest BCUT2D eigenvalue weighted by atomic mass is 10.0. The summed E-state index contributed by atoms with van der Waals surface area (Å²) in [6.07, 6.45) is 0.532. The molecule has 4 aromatic rings. The van der Waals surface area contributed by atoms with Gasteiger partial charge in [-0.05, 0) is 51.5 Å². The second-order valence-electron chi connectivity index (χ2n) is 7.51. The van der Waals surface area contributed by atoms with E-state index in [2.05, 4.69) is 31.3 Å². The Hall–Kier alpha value is -3.74. The maximum Gasteiger partial charge on any atom is 0.256 e. The molecule has 2 aromatic carbocycles. The summed E-state index contributed by atoms with van der Waals surface area (Å²) in [5, 5.41) is 3.96. The monoisotopic (exact) mass is 415 g/mol. The van der Waals surface area contributed by atoms with Crippen LogP contribution < -0.4 is 15.6 Å². The van der Waals surface area contributed by atoms with Crippen molar-refractivity contribution in [3.05, 3.63) is 80.9 Å². The lowest BCUT2D eigenvalue weighted by Crippen LogP contribution is -2.19. The fraction of sp³-hybridized carbons (Fsp3) is 0.250. The van der Waals surface area contributed by atoms with Gasteiger partial charge in [-0.15, -0.1) is 0 Å². The van der Waals surface area contributed by atoms with Crippen LogP contribution in [0.1, 0.15) is 35.0 Å². The molecule has 0 radical (unpaired) electrons. The Morgan fingerprint density at radius 3 is 2.58 bits per heavy atom. The molecule has 0 amide bonds. The molecule has 7 heteroatoms. The first-order valence-electron chi connectivity index (χ1n) is 10.3. The van der Waals surface area contributed by atoms with Crippen LogP contribution in [0.4, 0.5) is 11.9 Å². The molecular weight excluding hydrogens is 390 g/mol. The highest BCUT2D eigenvalue weighted by molar-refractivity contribution is 5.83. The number of ether oxygens (including phenoxy) is 1. The molecule has 4 rings (SSSR count). The Morgan fingerprint density at radius 1 is 1.00 bits per heavy atom. The van der Waals surface area contributed by atoms with Gasteiger partial charge in [-0.3, -0.25) is 15.1 Å². The number of hydrogen-bond acceptors (Lipinski definition) is 6. The summed E-state index contributed by atoms with van der Waals surface area (Å²) in [7, 11) is 0. The van der Waals surface area contributed by atoms with Crippen molar-refractivity contribution in [2.75, 3.05) is 11.9 Å². The average molecular weight is 415 g/mol. The lowest BCUT2D eigenvalue weighted by Gasteiger charge is -2.11. The lowest BCUT2D eigenvalue weighted by molar-refractivity contribution is 0.340. The molecular formula is C24H25N5O2. The molecule has 0 aliphatic rings. The molecule has 0 saturated heterocycles. The molecule has 2 N–H and O–H groups in total. The second kappa shape index (κ2) is 8.55. The molecule has 0 spiro atoms. The van der Waals surface area contributed by atoms with Crippen LogP contribution in [0.5, 0.6) is 5.75 Å². The molecule has 158 valence electrons. The zero-order valence-electron chi connectivity index (χ0n) is 18.1. The zero-order chi connectivity index (χ0) is 22.0. The summed E-state index contributed by atoms with van der Waals surface area (Å²) < 4.78 is 5.56. The van der Waals surface area contributed by atoms with E-state index in [1.807, 2.05) is 64.1 Å². The van der Waals surface area contributed by atoms with Crippen LogP contribution in [0, 0.1) is 20.8 Å². The first kappa shape index (κ1) is 20.5. The Balaban J connectivity index is 1.61. The van der Waals surface area contributed by atoms with Gasteiger partial charge < -0.3 is 4.74 Å². The number of hydrogen-bond donors (Lipinski definition) is 2. The van der Waals surface area contributed by atoms with Gasteiger partial charge in [0.05, 0.1) is 23.5 Å². The van der Waals surface area contributed by atoms with Gasteiger partial charge in [0.1, 0.15) is 5.75 Å². The predicted molar refractivity (Wildman–Crippen MR) is 122 cm³/mol. The number of nitrogens with zero attached hydrogens (tertiary/aromatic N) is 3. The van der Waals surface area contributed by atoms with Crippen molar-refractivity contribution in [3.8, 4) is 5.75 Å². The molecule has 7 nitrogen and oxygen atoms in total. The van der Waals surface area contributed by atoms with E-state index in [9.17, 15) is 4.79 Å². The van der Waals surface area contributed by atoms with Gasteiger partial charge >= 0.3 is 0 Å². The second-order valence-corrected chi connectivity index (χ2v) is 7.51. The van der Waals surface area contributed by atoms with Crippen molar-refractivity contribution < 1.29 is 4.74 Å². The average Bonchev–Trinajstić information content (AvgIpc) is 2.72. The van der Waals surface area contributed by atoms with E-state index in [1.54, 1.807) is 0 Å². The van der Waals surface area contributed by atoms with Gasteiger partial charge in [0.15, 0.2) is 0 Å². The predicted octanol–water partition coefficient (Wildman–Crippen LogP) is 4.37. The maximum absolute atomic E-state index is 12.7. The Morgan fingerprint density at radius 2 is 1.84 bits per heavy atom. The van der Waals surface area contributed by atoms with Gasteiger partial charge in [0.2, 0.25) is 11.9 Å². The minimum atomic E-state index is -0.171. The summed E-state index contributed by atoms with van der Waals surface area (Å²) in [6.45, 7) is 8.34. The molecule has 2 aromatic heterocycles. The van der Waals surface area contributed by atoms with Gasteiger partial charge in [-0.25, -0.2) is 15.0 Å². The number of fused-ring (bicyclic) bond motifs is 1. The zero-order valence-corrected chi connectivity index (χ0v) is 18.1. The van der Waals surface area contributed by atoms with Crippen molar-refractivity contribution in [3.63, 3.8) is 0 Å². The molecule has 2 heterocycles. The van der Waals surface area contributed by atoms with Crippen LogP contribution in [0.3, 0.4) is 0 Å². The number of rotatable bonds is 6. The fourth-order valence-corrected chi connectivity index (χ4v) is 3.58. The highest BCUT2D eigenvalue weighted by atomic mass is 16.5. The van der Waals surface area contributed by atoms with Crippen LogP contribution in [0.25, 0.3) is 10.9 Å². The minimum absolute atomic E-state index is 0.171. The highest BCUT2D eigenvalue weighted by Crippen LogP contribution is 2.23. The van der Waals surface area contributed by atoms with E-state index in [4.69, 9.17) is 4.74 Å². The van der Waals surface area contributed by atoms with Gasteiger partial charge in [0, 0.05) is 17.4 Å². The Kier molecular flexibility index (Phi) is 5.66. The molecule has 31 heavy (non-hydrogen) atoms. The van der Waals surface area contributed by atoms with Crippen LogP contribution in [0.15, 0.2) is 47.3 Å². The Labute approximate surface area is 180 Å². The van der Waals surface area contributed by atoms with Gasteiger partial charge in [0.25, 0.3) is 5.56 Å². The number of benzene rings is 2. The summed E-state index contributed by atoms with van der Waals surface area (Å²) in [4.78, 5) is 29.1. The van der Waals surface area contributed by atoms with E-state index in [0.717, 1.165) is 33.5 Å². The fourth-order valence-electron chi connectivity index (χ4n) is 3.58. The number of aromatic nitrogens is 4. The van der Waals surface area contributed by atoms with Crippen molar-refractivity contribution in [1.29, 1.82) is 0 Å². The maximum atomic E-state index is 12.7. The molecule has 0 bridgehead atoms. The number of aromatic amines is 1. The first-order chi connectivity index (χ1) is 14.9. The molecule has 0 unspecified atom stereocenters. The SMILES string of the molecule is CCOc1ccc2nc(Nc3nc(C)c(Cc4cccc(C)c4)c(=O)[nH]3)nc(C)c2c1. The molecule has 0 saturated carbocycles. The van der Waals surface area contributed by atoms with Crippen LogP contribution in [-0.2, 0) is 6.42 Å². The topological polar surface area (TPSA) is 92.8 Å². The van der Waals surface area contributed by atoms with Crippen molar-refractivity contribution >= 4 is 22.8 Å².